The van der Waals surface area contributed by atoms with Gasteiger partial charge in [0.1, 0.15) is 11.6 Å². The normalized spacial score (nSPS) is 12.1. The van der Waals surface area contributed by atoms with Gasteiger partial charge in [0.2, 0.25) is 0 Å². The van der Waals surface area contributed by atoms with Crippen LogP contribution in [0.1, 0.15) is 79.0 Å². The summed E-state index contributed by atoms with van der Waals surface area (Å²) in [5.41, 5.74) is 14.8. The molecule has 8 aromatic rings. The predicted molar refractivity (Wildman–Crippen MR) is 243 cm³/mol. The Morgan fingerprint density at radius 3 is 1.75 bits per heavy atom. The standard InChI is InChI=1S/C54H52N3O.Pt/c1-52(2,3)40-23-25-47(44(33-40)36-19-14-11-15-20-36)57-48-22-16-21-43(50(48)56-51(57)45-34-41(53(4,5)6)24-26-49(45)58)38-29-39(31-42(30-38)54(7,8)9)46-32-37(27-28-55-46)35-17-12-10-13-18-35;/h10-28,30-34,58H,1-9H3;/q-1;. The molecule has 2 aromatic heterocycles. The molecule has 300 valence electrons. The van der Waals surface area contributed by atoms with Gasteiger partial charge in [-0.25, -0.2) is 4.98 Å². The monoisotopic (exact) mass is 953 g/mol. The quantitative estimate of drug-likeness (QED) is 0.169. The summed E-state index contributed by atoms with van der Waals surface area (Å²) >= 11 is 0. The largest absolute Gasteiger partial charge is 0.507 e. The van der Waals surface area contributed by atoms with Crippen molar-refractivity contribution in [2.45, 2.75) is 78.6 Å². The number of hydrogen-bond donors (Lipinski definition) is 1. The summed E-state index contributed by atoms with van der Waals surface area (Å²) in [5.74, 6) is 0.864. The van der Waals surface area contributed by atoms with Crippen molar-refractivity contribution in [1.82, 2.24) is 14.5 Å². The van der Waals surface area contributed by atoms with E-state index in [1.54, 1.807) is 0 Å². The molecule has 0 atom stereocenters. The predicted octanol–water partition coefficient (Wildman–Crippen LogP) is 14.2. The number of phenols is 1. The molecular weight excluding hydrogens is 902 g/mol. The number of hydrogen-bond acceptors (Lipinski definition) is 3. The maximum atomic E-state index is 11.7. The van der Waals surface area contributed by atoms with Crippen LogP contribution in [0.5, 0.6) is 5.75 Å². The average molecular weight is 954 g/mol. The van der Waals surface area contributed by atoms with E-state index in [-0.39, 0.29) is 43.1 Å². The van der Waals surface area contributed by atoms with Crippen LogP contribution in [-0.4, -0.2) is 19.6 Å². The Bertz CT molecular complexity index is 2780. The molecule has 0 spiro atoms. The van der Waals surface area contributed by atoms with Crippen molar-refractivity contribution in [2.24, 2.45) is 0 Å². The van der Waals surface area contributed by atoms with Gasteiger partial charge in [-0.2, -0.15) is 0 Å². The van der Waals surface area contributed by atoms with Gasteiger partial charge in [-0.3, -0.25) is 9.55 Å². The van der Waals surface area contributed by atoms with Crippen molar-refractivity contribution in [3.05, 3.63) is 168 Å². The first kappa shape index (κ1) is 41.6. The third-order valence-corrected chi connectivity index (χ3v) is 11.1. The maximum absolute atomic E-state index is 11.7. The van der Waals surface area contributed by atoms with E-state index in [2.05, 4.69) is 194 Å². The van der Waals surface area contributed by atoms with E-state index >= 15 is 0 Å². The molecule has 0 aliphatic rings. The van der Waals surface area contributed by atoms with Gasteiger partial charge in [0.05, 0.1) is 22.3 Å². The fourth-order valence-electron chi connectivity index (χ4n) is 7.64. The molecular formula is C54H52N3OPt-. The molecule has 2 heterocycles. The zero-order valence-corrected chi connectivity index (χ0v) is 37.7. The minimum atomic E-state index is -0.146. The minimum Gasteiger partial charge on any atom is -0.507 e. The zero-order valence-electron chi connectivity index (χ0n) is 35.5. The molecule has 0 aliphatic heterocycles. The molecule has 4 nitrogen and oxygen atoms in total. The van der Waals surface area contributed by atoms with E-state index in [1.165, 1.54) is 11.1 Å². The Balaban J connectivity index is 0.00000528. The molecule has 5 heteroatoms. The molecule has 0 radical (unpaired) electrons. The topological polar surface area (TPSA) is 50.9 Å². The van der Waals surface area contributed by atoms with Crippen molar-refractivity contribution < 1.29 is 26.2 Å². The number of rotatable bonds is 6. The van der Waals surface area contributed by atoms with E-state index in [1.807, 2.05) is 24.4 Å². The van der Waals surface area contributed by atoms with Crippen LogP contribution >= 0.6 is 0 Å². The summed E-state index contributed by atoms with van der Waals surface area (Å²) in [4.78, 5) is 10.4. The second kappa shape index (κ2) is 15.9. The van der Waals surface area contributed by atoms with Crippen LogP contribution in [0.15, 0.2) is 146 Å². The van der Waals surface area contributed by atoms with E-state index < -0.39 is 0 Å². The van der Waals surface area contributed by atoms with Crippen LogP contribution in [0.4, 0.5) is 0 Å². The van der Waals surface area contributed by atoms with Gasteiger partial charge >= 0.3 is 0 Å². The van der Waals surface area contributed by atoms with Crippen molar-refractivity contribution in [1.29, 1.82) is 0 Å². The smallest absolute Gasteiger partial charge is 0.148 e. The molecule has 0 amide bonds. The first-order chi connectivity index (χ1) is 27.6. The first-order valence-electron chi connectivity index (χ1n) is 20.2. The van der Waals surface area contributed by atoms with Crippen molar-refractivity contribution in [3.63, 3.8) is 0 Å². The number of imidazole rings is 1. The number of phenolic OH excluding ortho intramolecular Hbond substituents is 1. The molecule has 0 saturated heterocycles. The van der Waals surface area contributed by atoms with E-state index in [0.29, 0.717) is 11.4 Å². The SMILES string of the molecule is CC(C)(C)c1cc(-c2cc(-c3ccccc3)ccn2)[c-]c(-c2cccc3c2nc(-c2cc(C(C)(C)C)ccc2O)n3-c2ccc(C(C)(C)C)cc2-c2ccccc2)c1.[Pt]. The molecule has 59 heavy (non-hydrogen) atoms. The Morgan fingerprint density at radius 2 is 1.10 bits per heavy atom. The Hall–Kier alpha value is -5.57. The summed E-state index contributed by atoms with van der Waals surface area (Å²) in [6.45, 7) is 20.1. The summed E-state index contributed by atoms with van der Waals surface area (Å²) in [6.07, 6.45) is 1.89. The zero-order chi connectivity index (χ0) is 41.0. The third kappa shape index (κ3) is 8.34. The molecule has 6 aromatic carbocycles. The summed E-state index contributed by atoms with van der Waals surface area (Å²) in [5, 5.41) is 11.7. The average Bonchev–Trinajstić information content (AvgIpc) is 3.59. The second-order valence-electron chi connectivity index (χ2n) is 18.5. The third-order valence-electron chi connectivity index (χ3n) is 11.1. The van der Waals surface area contributed by atoms with Gasteiger partial charge in [-0.1, -0.05) is 164 Å². The summed E-state index contributed by atoms with van der Waals surface area (Å²) < 4.78 is 2.24. The molecule has 0 aliphatic carbocycles. The Kier molecular flexibility index (Phi) is 11.2. The van der Waals surface area contributed by atoms with Crippen LogP contribution in [-0.2, 0) is 37.3 Å². The second-order valence-corrected chi connectivity index (χ2v) is 18.5. The van der Waals surface area contributed by atoms with Crippen LogP contribution in [0.2, 0.25) is 0 Å². The number of para-hydroxylation sites is 1. The number of nitrogens with zero attached hydrogens (tertiary/aromatic N) is 3. The first-order valence-corrected chi connectivity index (χ1v) is 20.2. The number of aromatic hydroxyl groups is 1. The molecule has 8 rings (SSSR count). The van der Waals surface area contributed by atoms with Gasteiger partial charge in [0.25, 0.3) is 0 Å². The van der Waals surface area contributed by atoms with Gasteiger partial charge in [0.15, 0.2) is 0 Å². The molecule has 0 unspecified atom stereocenters. The maximum Gasteiger partial charge on any atom is 0.148 e. The number of pyridine rings is 1. The van der Waals surface area contributed by atoms with Gasteiger partial charge in [-0.05, 0) is 80.5 Å². The van der Waals surface area contributed by atoms with Gasteiger partial charge in [-0.15, -0.1) is 29.3 Å². The summed E-state index contributed by atoms with van der Waals surface area (Å²) in [7, 11) is 0. The number of aromatic nitrogens is 3. The van der Waals surface area contributed by atoms with E-state index in [0.717, 1.165) is 66.9 Å². The van der Waals surface area contributed by atoms with Crippen molar-refractivity contribution in [3.8, 4) is 67.5 Å². The number of benzene rings is 6. The molecule has 0 bridgehead atoms. The van der Waals surface area contributed by atoms with Gasteiger partial charge in [0, 0.05) is 38.5 Å². The Labute approximate surface area is 364 Å². The summed E-state index contributed by atoms with van der Waals surface area (Å²) in [6, 6.07) is 52.6. The fourth-order valence-corrected chi connectivity index (χ4v) is 7.64. The minimum absolute atomic E-state index is 0. The van der Waals surface area contributed by atoms with Crippen molar-refractivity contribution in [2.75, 3.05) is 0 Å². The van der Waals surface area contributed by atoms with E-state index in [4.69, 9.17) is 9.97 Å². The van der Waals surface area contributed by atoms with Crippen LogP contribution in [0.3, 0.4) is 0 Å². The number of fused-ring (bicyclic) bond motifs is 1. The van der Waals surface area contributed by atoms with Crippen molar-refractivity contribution >= 4 is 11.0 Å². The van der Waals surface area contributed by atoms with Crippen LogP contribution in [0.25, 0.3) is 72.7 Å². The Morgan fingerprint density at radius 1 is 0.508 bits per heavy atom. The molecule has 0 saturated carbocycles. The molecule has 0 fully saturated rings. The van der Waals surface area contributed by atoms with E-state index in [9.17, 15) is 5.11 Å². The fraction of sp³-hybridized carbons (Fsp3) is 0.222. The van der Waals surface area contributed by atoms with Crippen LogP contribution in [0, 0.1) is 6.07 Å². The molecule has 1 N–H and O–H groups in total. The van der Waals surface area contributed by atoms with Crippen LogP contribution < -0.4 is 0 Å². The van der Waals surface area contributed by atoms with Gasteiger partial charge < -0.3 is 5.11 Å².